The van der Waals surface area contributed by atoms with Crippen LogP contribution < -0.4 is 10.1 Å². The molecule has 2 amide bonds. The molecule has 1 saturated heterocycles. The average Bonchev–Trinajstić information content (AvgIpc) is 3.51. The van der Waals surface area contributed by atoms with Crippen molar-refractivity contribution in [3.63, 3.8) is 0 Å². The third-order valence-electron chi connectivity index (χ3n) is 6.41. The van der Waals surface area contributed by atoms with Crippen LogP contribution >= 0.6 is 0 Å². The van der Waals surface area contributed by atoms with Gasteiger partial charge in [0.15, 0.2) is 0 Å². The first kappa shape index (κ1) is 20.5. The summed E-state index contributed by atoms with van der Waals surface area (Å²) in [7, 11) is 1.68. The lowest BCUT2D eigenvalue weighted by molar-refractivity contribution is -0.117. The summed E-state index contributed by atoms with van der Waals surface area (Å²) in [5.41, 5.74) is 2.67. The Kier molecular flexibility index (Phi) is 6.07. The molecular formula is C25H30N2O3. The lowest BCUT2D eigenvalue weighted by atomic mass is 9.90. The van der Waals surface area contributed by atoms with Gasteiger partial charge in [-0.15, -0.1) is 0 Å². The largest absolute Gasteiger partial charge is 0.497 e. The molecule has 1 saturated carbocycles. The van der Waals surface area contributed by atoms with Crippen LogP contribution in [0.5, 0.6) is 5.75 Å². The minimum atomic E-state index is 0.0498. The highest BCUT2D eigenvalue weighted by atomic mass is 16.5. The van der Waals surface area contributed by atoms with Crippen molar-refractivity contribution in [1.82, 2.24) is 4.90 Å². The highest BCUT2D eigenvalue weighted by molar-refractivity contribution is 5.98. The third kappa shape index (κ3) is 4.84. The van der Waals surface area contributed by atoms with E-state index in [1.54, 1.807) is 13.2 Å². The second-order valence-electron chi connectivity index (χ2n) is 8.68. The number of amides is 2. The molecule has 2 fully saturated rings. The van der Waals surface area contributed by atoms with Crippen LogP contribution in [0.4, 0.5) is 5.69 Å². The molecule has 2 atom stereocenters. The van der Waals surface area contributed by atoms with Crippen molar-refractivity contribution in [1.29, 1.82) is 0 Å². The highest BCUT2D eigenvalue weighted by Crippen LogP contribution is 2.38. The van der Waals surface area contributed by atoms with Crippen LogP contribution in [0.1, 0.15) is 42.1 Å². The summed E-state index contributed by atoms with van der Waals surface area (Å²) in [6.45, 7) is 3.63. The molecule has 2 aromatic rings. The molecule has 0 aromatic heterocycles. The molecule has 5 heteroatoms. The molecule has 0 radical (unpaired) electrons. The number of ether oxygens (including phenoxy) is 1. The molecular weight excluding hydrogens is 376 g/mol. The maximum atomic E-state index is 13.0. The number of likely N-dealkylation sites (tertiary alicyclic amines) is 1. The smallest absolute Gasteiger partial charge is 0.253 e. The molecule has 5 nitrogen and oxygen atoms in total. The first-order valence-corrected chi connectivity index (χ1v) is 10.9. The molecule has 30 heavy (non-hydrogen) atoms. The highest BCUT2D eigenvalue weighted by Gasteiger charge is 2.39. The molecule has 2 unspecified atom stereocenters. The normalized spacial score (nSPS) is 21.2. The van der Waals surface area contributed by atoms with Gasteiger partial charge in [-0.3, -0.25) is 9.59 Å². The van der Waals surface area contributed by atoms with Crippen molar-refractivity contribution < 1.29 is 14.3 Å². The van der Waals surface area contributed by atoms with Gasteiger partial charge < -0.3 is 15.0 Å². The van der Waals surface area contributed by atoms with Gasteiger partial charge in [0.2, 0.25) is 5.91 Å². The van der Waals surface area contributed by atoms with Crippen LogP contribution in [0.2, 0.25) is 0 Å². The van der Waals surface area contributed by atoms with Crippen molar-refractivity contribution in [3.05, 3.63) is 59.7 Å². The van der Waals surface area contributed by atoms with E-state index in [0.717, 1.165) is 44.5 Å². The summed E-state index contributed by atoms with van der Waals surface area (Å²) in [6, 6.07) is 15.6. The van der Waals surface area contributed by atoms with E-state index in [-0.39, 0.29) is 17.7 Å². The summed E-state index contributed by atoms with van der Waals surface area (Å²) < 4.78 is 5.22. The fourth-order valence-corrected chi connectivity index (χ4v) is 4.27. The monoisotopic (exact) mass is 406 g/mol. The van der Waals surface area contributed by atoms with Crippen molar-refractivity contribution in [2.24, 2.45) is 17.8 Å². The van der Waals surface area contributed by atoms with Crippen LogP contribution in [-0.4, -0.2) is 36.9 Å². The fraction of sp³-hybridized carbons (Fsp3) is 0.440. The maximum Gasteiger partial charge on any atom is 0.253 e. The Balaban J connectivity index is 1.30. The number of nitrogens with one attached hydrogen (secondary N) is 1. The standard InChI is InChI=1S/C25H30N2O3/c1-17-14-23(17)24(28)26-21-5-3-4-20(16-21)25(29)27-12-10-19(11-13-27)15-18-6-8-22(30-2)9-7-18/h3-9,16-17,19,23H,10-15H2,1-2H3,(H,26,28). The molecule has 0 bridgehead atoms. The van der Waals surface area contributed by atoms with Crippen LogP contribution in [0.25, 0.3) is 0 Å². The summed E-state index contributed by atoms with van der Waals surface area (Å²) in [6.07, 6.45) is 4.00. The maximum absolute atomic E-state index is 13.0. The molecule has 4 rings (SSSR count). The number of benzene rings is 2. The predicted octanol–water partition coefficient (Wildman–Crippen LogP) is 4.38. The SMILES string of the molecule is COc1ccc(CC2CCN(C(=O)c3cccc(NC(=O)C4CC4C)c3)CC2)cc1. The first-order chi connectivity index (χ1) is 14.5. The molecule has 0 spiro atoms. The summed E-state index contributed by atoms with van der Waals surface area (Å²) in [4.78, 5) is 27.1. The minimum Gasteiger partial charge on any atom is -0.497 e. The van der Waals surface area contributed by atoms with Gasteiger partial charge in [0.25, 0.3) is 5.91 Å². The van der Waals surface area contributed by atoms with Gasteiger partial charge >= 0.3 is 0 Å². The lowest BCUT2D eigenvalue weighted by Crippen LogP contribution is -2.38. The number of piperidine rings is 1. The number of nitrogens with zero attached hydrogens (tertiary/aromatic N) is 1. The Morgan fingerprint density at radius 3 is 2.43 bits per heavy atom. The van der Waals surface area contributed by atoms with Crippen molar-refractivity contribution in [2.75, 3.05) is 25.5 Å². The summed E-state index contributed by atoms with van der Waals surface area (Å²) in [5.74, 6) is 2.17. The quantitative estimate of drug-likeness (QED) is 0.774. The van der Waals surface area contributed by atoms with Crippen LogP contribution in [0, 0.1) is 17.8 Å². The molecule has 1 N–H and O–H groups in total. The Labute approximate surface area is 178 Å². The zero-order valence-electron chi connectivity index (χ0n) is 17.8. The van der Waals surface area contributed by atoms with Crippen LogP contribution in [0.3, 0.4) is 0 Å². The topological polar surface area (TPSA) is 58.6 Å². The van der Waals surface area contributed by atoms with Gasteiger partial charge in [-0.2, -0.15) is 0 Å². The lowest BCUT2D eigenvalue weighted by Gasteiger charge is -2.32. The Morgan fingerprint density at radius 2 is 1.80 bits per heavy atom. The van der Waals surface area contributed by atoms with E-state index in [2.05, 4.69) is 24.4 Å². The van der Waals surface area contributed by atoms with E-state index in [4.69, 9.17) is 4.74 Å². The van der Waals surface area contributed by atoms with Gasteiger partial charge in [0.1, 0.15) is 5.75 Å². The zero-order chi connectivity index (χ0) is 21.1. The molecule has 2 aliphatic rings. The first-order valence-electron chi connectivity index (χ1n) is 10.9. The number of anilines is 1. The number of hydrogen-bond donors (Lipinski definition) is 1. The number of hydrogen-bond acceptors (Lipinski definition) is 3. The van der Waals surface area contributed by atoms with E-state index >= 15 is 0 Å². The van der Waals surface area contributed by atoms with Gasteiger partial charge in [-0.05, 0) is 73.4 Å². The second kappa shape index (κ2) is 8.90. The van der Waals surface area contributed by atoms with Gasteiger partial charge in [-0.1, -0.05) is 25.1 Å². The fourth-order valence-electron chi connectivity index (χ4n) is 4.27. The molecule has 2 aromatic carbocycles. The second-order valence-corrected chi connectivity index (χ2v) is 8.68. The van der Waals surface area contributed by atoms with Gasteiger partial charge in [0, 0.05) is 30.3 Å². The zero-order valence-corrected chi connectivity index (χ0v) is 17.8. The molecule has 1 heterocycles. The number of methoxy groups -OCH3 is 1. The van der Waals surface area contributed by atoms with Crippen LogP contribution in [0.15, 0.2) is 48.5 Å². The Hall–Kier alpha value is -2.82. The number of carbonyl (C=O) groups is 2. The minimum absolute atomic E-state index is 0.0498. The van der Waals surface area contributed by atoms with E-state index in [9.17, 15) is 9.59 Å². The van der Waals surface area contributed by atoms with Crippen molar-refractivity contribution in [3.8, 4) is 5.75 Å². The molecule has 1 aliphatic carbocycles. The average molecular weight is 407 g/mol. The van der Waals surface area contributed by atoms with Gasteiger partial charge in [-0.25, -0.2) is 0 Å². The van der Waals surface area contributed by atoms with Crippen molar-refractivity contribution in [2.45, 2.75) is 32.6 Å². The van der Waals surface area contributed by atoms with Crippen molar-refractivity contribution >= 4 is 17.5 Å². The number of rotatable bonds is 6. The predicted molar refractivity (Wildman–Crippen MR) is 118 cm³/mol. The van der Waals surface area contributed by atoms with E-state index in [1.165, 1.54) is 5.56 Å². The Bertz CT molecular complexity index is 901. The van der Waals surface area contributed by atoms with E-state index in [1.807, 2.05) is 35.2 Å². The van der Waals surface area contributed by atoms with E-state index in [0.29, 0.717) is 23.1 Å². The number of carbonyl (C=O) groups excluding carboxylic acids is 2. The third-order valence-corrected chi connectivity index (χ3v) is 6.41. The van der Waals surface area contributed by atoms with E-state index < -0.39 is 0 Å². The molecule has 1 aliphatic heterocycles. The summed E-state index contributed by atoms with van der Waals surface area (Å²) >= 11 is 0. The Morgan fingerprint density at radius 1 is 1.10 bits per heavy atom. The summed E-state index contributed by atoms with van der Waals surface area (Å²) in [5, 5.41) is 2.96. The van der Waals surface area contributed by atoms with Crippen LogP contribution in [-0.2, 0) is 11.2 Å². The molecule has 158 valence electrons. The van der Waals surface area contributed by atoms with Gasteiger partial charge in [0.05, 0.1) is 7.11 Å².